The summed E-state index contributed by atoms with van der Waals surface area (Å²) in [5.74, 6) is 0.551. The summed E-state index contributed by atoms with van der Waals surface area (Å²) in [4.78, 5) is 29.9. The minimum Gasteiger partial charge on any atom is -0.376 e. The Morgan fingerprint density at radius 2 is 2.15 bits per heavy atom. The number of hydrogen-bond donors (Lipinski definition) is 1. The highest BCUT2D eigenvalue weighted by Gasteiger charge is 2.21. The molecular formula is C20H27N3O3S. The van der Waals surface area contributed by atoms with Crippen LogP contribution < -0.4 is 10.9 Å². The quantitative estimate of drug-likeness (QED) is 0.582. The molecule has 1 aromatic carbocycles. The molecule has 3 rings (SSSR count). The molecule has 1 amide bonds. The van der Waals surface area contributed by atoms with Crippen molar-refractivity contribution in [3.05, 3.63) is 34.6 Å². The normalized spacial score (nSPS) is 18.1. The maximum Gasteiger partial charge on any atom is 0.262 e. The number of nitrogens with zero attached hydrogens (tertiary/aromatic N) is 2. The molecule has 0 saturated carbocycles. The largest absolute Gasteiger partial charge is 0.376 e. The fourth-order valence-corrected chi connectivity index (χ4v) is 3.82. The molecule has 2 atom stereocenters. The molecule has 1 fully saturated rings. The molecule has 146 valence electrons. The summed E-state index contributed by atoms with van der Waals surface area (Å²) < 4.78 is 7.38. The molecule has 0 unspecified atom stereocenters. The van der Waals surface area contributed by atoms with Crippen LogP contribution in [0, 0.1) is 5.92 Å². The Morgan fingerprint density at radius 1 is 1.37 bits per heavy atom. The molecule has 27 heavy (non-hydrogen) atoms. The zero-order chi connectivity index (χ0) is 19.4. The van der Waals surface area contributed by atoms with E-state index in [0.717, 1.165) is 19.4 Å². The van der Waals surface area contributed by atoms with Crippen molar-refractivity contribution in [1.82, 2.24) is 14.9 Å². The van der Waals surface area contributed by atoms with Gasteiger partial charge < -0.3 is 10.1 Å². The van der Waals surface area contributed by atoms with Crippen LogP contribution in [0.15, 0.2) is 34.2 Å². The third-order valence-electron chi connectivity index (χ3n) is 4.96. The maximum absolute atomic E-state index is 13.0. The average Bonchev–Trinajstić information content (AvgIpc) is 3.15. The van der Waals surface area contributed by atoms with E-state index in [1.54, 1.807) is 10.6 Å². The Morgan fingerprint density at radius 3 is 2.85 bits per heavy atom. The second kappa shape index (κ2) is 8.89. The highest BCUT2D eigenvalue weighted by atomic mass is 32.2. The Kier molecular flexibility index (Phi) is 6.55. The van der Waals surface area contributed by atoms with Crippen molar-refractivity contribution in [3.63, 3.8) is 0 Å². The van der Waals surface area contributed by atoms with Crippen LogP contribution in [0.1, 0.15) is 33.6 Å². The predicted molar refractivity (Wildman–Crippen MR) is 108 cm³/mol. The number of hydrogen-bond acceptors (Lipinski definition) is 5. The molecule has 2 heterocycles. The van der Waals surface area contributed by atoms with E-state index in [9.17, 15) is 9.59 Å². The van der Waals surface area contributed by atoms with Crippen LogP contribution in [-0.2, 0) is 16.1 Å². The van der Waals surface area contributed by atoms with E-state index in [2.05, 4.69) is 24.1 Å². The van der Waals surface area contributed by atoms with E-state index in [1.807, 2.05) is 25.1 Å². The van der Waals surface area contributed by atoms with Crippen molar-refractivity contribution in [2.75, 3.05) is 12.4 Å². The lowest BCUT2D eigenvalue weighted by Gasteiger charge is -2.18. The number of aromatic nitrogens is 2. The zero-order valence-corrected chi connectivity index (χ0v) is 16.9. The first-order valence-electron chi connectivity index (χ1n) is 9.49. The number of nitrogens with one attached hydrogen (secondary N) is 1. The van der Waals surface area contributed by atoms with Gasteiger partial charge in [0, 0.05) is 12.6 Å². The number of carbonyl (C=O) groups is 1. The van der Waals surface area contributed by atoms with Gasteiger partial charge >= 0.3 is 0 Å². The van der Waals surface area contributed by atoms with Gasteiger partial charge in [0.15, 0.2) is 5.16 Å². The van der Waals surface area contributed by atoms with Gasteiger partial charge in [-0.25, -0.2) is 4.98 Å². The molecule has 0 radical (unpaired) electrons. The first kappa shape index (κ1) is 19.9. The van der Waals surface area contributed by atoms with E-state index < -0.39 is 0 Å². The number of fused-ring (bicyclic) bond motifs is 1. The molecular weight excluding hydrogens is 362 g/mol. The van der Waals surface area contributed by atoms with Crippen LogP contribution in [0.4, 0.5) is 0 Å². The number of carbonyl (C=O) groups excluding carboxylic acids is 1. The summed E-state index contributed by atoms with van der Waals surface area (Å²) in [6, 6.07) is 7.44. The predicted octanol–water partition coefficient (Wildman–Crippen LogP) is 2.83. The van der Waals surface area contributed by atoms with Crippen molar-refractivity contribution in [1.29, 1.82) is 0 Å². The summed E-state index contributed by atoms with van der Waals surface area (Å²) >= 11 is 1.31. The van der Waals surface area contributed by atoms with E-state index in [0.29, 0.717) is 28.5 Å². The van der Waals surface area contributed by atoms with Crippen LogP contribution in [0.2, 0.25) is 0 Å². The van der Waals surface area contributed by atoms with E-state index in [-0.39, 0.29) is 29.4 Å². The van der Waals surface area contributed by atoms with Gasteiger partial charge in [0.25, 0.3) is 5.56 Å². The molecule has 0 spiro atoms. The Labute approximate surface area is 163 Å². The summed E-state index contributed by atoms with van der Waals surface area (Å²) in [7, 11) is 0. The SMILES string of the molecule is CC(C)[C@@H](C)NC(=O)CSc1nc2ccccc2c(=O)n1C[C@H]1CCCO1. The highest BCUT2D eigenvalue weighted by molar-refractivity contribution is 7.99. The third kappa shape index (κ3) is 4.90. The molecule has 7 heteroatoms. The van der Waals surface area contributed by atoms with Crippen LogP contribution in [0.3, 0.4) is 0 Å². The first-order valence-corrected chi connectivity index (χ1v) is 10.5. The van der Waals surface area contributed by atoms with Gasteiger partial charge in [-0.2, -0.15) is 0 Å². The van der Waals surface area contributed by atoms with Gasteiger partial charge in [-0.05, 0) is 37.8 Å². The topological polar surface area (TPSA) is 73.2 Å². The molecule has 0 aliphatic carbocycles. The molecule has 1 aromatic heterocycles. The van der Waals surface area contributed by atoms with Crippen molar-refractivity contribution in [2.24, 2.45) is 5.92 Å². The zero-order valence-electron chi connectivity index (χ0n) is 16.1. The highest BCUT2D eigenvalue weighted by Crippen LogP contribution is 2.21. The summed E-state index contributed by atoms with van der Waals surface area (Å²) in [6.45, 7) is 7.35. The van der Waals surface area contributed by atoms with Crippen LogP contribution in [0.5, 0.6) is 0 Å². The van der Waals surface area contributed by atoms with Crippen LogP contribution >= 0.6 is 11.8 Å². The Balaban J connectivity index is 1.83. The average molecular weight is 390 g/mol. The van der Waals surface area contributed by atoms with Crippen LogP contribution in [-0.4, -0.2) is 40.0 Å². The molecule has 1 aliphatic rings. The molecule has 0 bridgehead atoms. The van der Waals surface area contributed by atoms with Crippen molar-refractivity contribution in [3.8, 4) is 0 Å². The summed E-state index contributed by atoms with van der Waals surface area (Å²) in [5, 5.41) is 4.16. The minimum atomic E-state index is -0.0745. The van der Waals surface area contributed by atoms with Crippen molar-refractivity contribution >= 4 is 28.6 Å². The molecule has 2 aromatic rings. The van der Waals surface area contributed by atoms with Gasteiger partial charge in [-0.1, -0.05) is 37.7 Å². The number of ether oxygens (including phenoxy) is 1. The third-order valence-corrected chi connectivity index (χ3v) is 5.93. The lowest BCUT2D eigenvalue weighted by molar-refractivity contribution is -0.119. The second-order valence-corrected chi connectivity index (χ2v) is 8.29. The van der Waals surface area contributed by atoms with Gasteiger partial charge in [0.1, 0.15) is 0 Å². The van der Waals surface area contributed by atoms with Gasteiger partial charge in [0.05, 0.1) is 29.3 Å². The maximum atomic E-state index is 13.0. The van der Waals surface area contributed by atoms with Crippen molar-refractivity contribution in [2.45, 2.75) is 57.5 Å². The number of para-hydroxylation sites is 1. The lowest BCUT2D eigenvalue weighted by atomic mass is 10.1. The number of benzene rings is 1. The van der Waals surface area contributed by atoms with E-state index >= 15 is 0 Å². The second-order valence-electron chi connectivity index (χ2n) is 7.35. The van der Waals surface area contributed by atoms with Gasteiger partial charge in [-0.3, -0.25) is 14.2 Å². The minimum absolute atomic E-state index is 0.0276. The fraction of sp³-hybridized carbons (Fsp3) is 0.550. The van der Waals surface area contributed by atoms with E-state index in [4.69, 9.17) is 4.74 Å². The number of thioether (sulfide) groups is 1. The molecule has 1 N–H and O–H groups in total. The van der Waals surface area contributed by atoms with E-state index in [1.165, 1.54) is 11.8 Å². The van der Waals surface area contributed by atoms with Crippen molar-refractivity contribution < 1.29 is 9.53 Å². The van der Waals surface area contributed by atoms with Crippen LogP contribution in [0.25, 0.3) is 10.9 Å². The fourth-order valence-electron chi connectivity index (χ4n) is 3.00. The first-order chi connectivity index (χ1) is 13.0. The Bertz CT molecular complexity index is 859. The Hall–Kier alpha value is -1.86. The van der Waals surface area contributed by atoms with Gasteiger partial charge in [-0.15, -0.1) is 0 Å². The molecule has 1 aliphatic heterocycles. The smallest absolute Gasteiger partial charge is 0.262 e. The molecule has 1 saturated heterocycles. The lowest BCUT2D eigenvalue weighted by Crippen LogP contribution is -2.37. The summed E-state index contributed by atoms with van der Waals surface area (Å²) in [5.41, 5.74) is 0.583. The molecule has 6 nitrogen and oxygen atoms in total. The number of amides is 1. The standard InChI is InChI=1S/C20H27N3O3S/c1-13(2)14(3)21-18(24)12-27-20-22-17-9-5-4-8-16(17)19(25)23(20)11-15-7-6-10-26-15/h4-5,8-9,13-15H,6-7,10-12H2,1-3H3,(H,21,24)/t14-,15-/m1/s1. The van der Waals surface area contributed by atoms with Gasteiger partial charge in [0.2, 0.25) is 5.91 Å². The monoisotopic (exact) mass is 389 g/mol. The number of rotatable bonds is 7. The summed E-state index contributed by atoms with van der Waals surface area (Å²) in [6.07, 6.45) is 1.98.